The van der Waals surface area contributed by atoms with E-state index < -0.39 is 28.4 Å². The molecule has 0 amide bonds. The molecule has 1 unspecified atom stereocenters. The minimum Gasteiger partial charge on any atom is -0.342 e. The molecule has 0 aliphatic heterocycles. The van der Waals surface area contributed by atoms with Gasteiger partial charge in [-0.1, -0.05) is 24.3 Å². The Morgan fingerprint density at radius 1 is 0.931 bits per heavy atom. The minimum atomic E-state index is -1.62. The van der Waals surface area contributed by atoms with Crippen LogP contribution in [-0.4, -0.2) is 14.2 Å². The number of halogens is 3. The second-order valence-electron chi connectivity index (χ2n) is 6.57. The van der Waals surface area contributed by atoms with E-state index in [1.807, 2.05) is 30.3 Å². The van der Waals surface area contributed by atoms with Crippen LogP contribution in [0.2, 0.25) is 0 Å². The maximum atomic E-state index is 13.8. The van der Waals surface area contributed by atoms with E-state index in [1.54, 1.807) is 12.1 Å². The second kappa shape index (κ2) is 7.81. The molecule has 4 rings (SSSR count). The second-order valence-corrected chi connectivity index (χ2v) is 7.60. The van der Waals surface area contributed by atoms with Crippen LogP contribution in [0, 0.1) is 17.5 Å². The normalized spacial score (nSPS) is 12.4. The van der Waals surface area contributed by atoms with Crippen molar-refractivity contribution in [3.8, 4) is 11.1 Å². The largest absolute Gasteiger partial charge is 0.342 e. The number of nitrogens with two attached hydrogens (primary N) is 1. The summed E-state index contributed by atoms with van der Waals surface area (Å²) in [5.74, 6) is -2.47. The molecule has 3 N–H and O–H groups in total. The van der Waals surface area contributed by atoms with Gasteiger partial charge in [-0.05, 0) is 47.4 Å². The van der Waals surface area contributed by atoms with E-state index in [4.69, 9.17) is 5.14 Å². The molecule has 4 aromatic rings. The molecule has 1 heterocycles. The van der Waals surface area contributed by atoms with Gasteiger partial charge in [0, 0.05) is 12.5 Å². The van der Waals surface area contributed by atoms with Crippen LogP contribution in [0.5, 0.6) is 0 Å². The molecule has 1 aromatic heterocycles. The fourth-order valence-corrected chi connectivity index (χ4v) is 3.85. The number of H-pyrrole nitrogens is 1. The molecule has 0 spiro atoms. The number of fused-ring (bicyclic) bond motifs is 1. The summed E-state index contributed by atoms with van der Waals surface area (Å²) < 4.78 is 52.0. The lowest BCUT2D eigenvalue weighted by Gasteiger charge is -2.06. The molecule has 0 aliphatic rings. The minimum absolute atomic E-state index is 0.0874. The maximum Gasteiger partial charge on any atom is 0.161 e. The highest BCUT2D eigenvalue weighted by atomic mass is 32.2. The molecule has 0 saturated heterocycles. The van der Waals surface area contributed by atoms with Crippen molar-refractivity contribution in [2.75, 3.05) is 0 Å². The monoisotopic (exact) mass is 415 g/mol. The first-order valence-corrected chi connectivity index (χ1v) is 10.0. The third kappa shape index (κ3) is 3.94. The quantitative estimate of drug-likeness (QED) is 0.474. The SMILES string of the molecule is NS(=O)c1ccccc1-c1ccc2nc(CCc3cc(F)c(F)cc3F)[nH]c2c1. The average molecular weight is 415 g/mol. The van der Waals surface area contributed by atoms with Crippen LogP contribution >= 0.6 is 0 Å². The number of nitrogens with one attached hydrogen (secondary N) is 1. The van der Waals surface area contributed by atoms with E-state index in [0.717, 1.165) is 22.7 Å². The fourth-order valence-electron chi connectivity index (χ4n) is 3.24. The number of aryl methyl sites for hydroxylation is 2. The Hall–Kier alpha value is -2.97. The number of imidazole rings is 1. The lowest BCUT2D eigenvalue weighted by molar-refractivity contribution is 0.489. The number of nitrogens with zero attached hydrogens (tertiary/aromatic N) is 1. The Kier molecular flexibility index (Phi) is 5.21. The number of aromatic nitrogens is 2. The van der Waals surface area contributed by atoms with Crippen LogP contribution in [0.4, 0.5) is 13.2 Å². The van der Waals surface area contributed by atoms with E-state index in [-0.39, 0.29) is 12.0 Å². The number of aromatic amines is 1. The smallest absolute Gasteiger partial charge is 0.161 e. The Morgan fingerprint density at radius 2 is 1.69 bits per heavy atom. The summed E-state index contributed by atoms with van der Waals surface area (Å²) in [6, 6.07) is 14.1. The van der Waals surface area contributed by atoms with E-state index in [9.17, 15) is 17.4 Å². The molecule has 8 heteroatoms. The summed E-state index contributed by atoms with van der Waals surface area (Å²) in [7, 11) is -1.62. The standard InChI is InChI=1S/C21H16F3N3OS/c22-15-11-17(24)16(23)9-13(15)6-8-21-26-18-7-5-12(10-19(18)27-21)14-3-1-2-4-20(14)29(25)28/h1-5,7,9-11H,6,8,25H2,(H,26,27). The number of benzene rings is 3. The highest BCUT2D eigenvalue weighted by Gasteiger charge is 2.13. The first-order chi connectivity index (χ1) is 13.9. The summed E-state index contributed by atoms with van der Waals surface area (Å²) in [4.78, 5) is 8.15. The molecule has 0 aliphatic carbocycles. The molecule has 148 valence electrons. The molecule has 29 heavy (non-hydrogen) atoms. The van der Waals surface area contributed by atoms with E-state index >= 15 is 0 Å². The molecule has 4 nitrogen and oxygen atoms in total. The number of rotatable bonds is 5. The lowest BCUT2D eigenvalue weighted by atomic mass is 10.1. The average Bonchev–Trinajstić information content (AvgIpc) is 3.11. The summed E-state index contributed by atoms with van der Waals surface area (Å²) in [6.45, 7) is 0. The maximum absolute atomic E-state index is 13.8. The Labute approximate surface area is 167 Å². The summed E-state index contributed by atoms with van der Waals surface area (Å²) >= 11 is 0. The molecule has 0 bridgehead atoms. The zero-order valence-electron chi connectivity index (χ0n) is 15.1. The van der Waals surface area contributed by atoms with Gasteiger partial charge in [0.1, 0.15) is 22.6 Å². The Bertz CT molecular complexity index is 1240. The third-order valence-corrected chi connectivity index (χ3v) is 5.46. The molecule has 0 saturated carbocycles. The predicted molar refractivity (Wildman–Crippen MR) is 106 cm³/mol. The van der Waals surface area contributed by atoms with Crippen molar-refractivity contribution < 1.29 is 17.4 Å². The molecule has 0 fully saturated rings. The third-order valence-electron chi connectivity index (χ3n) is 4.67. The van der Waals surface area contributed by atoms with Gasteiger partial charge in [-0.3, -0.25) is 0 Å². The van der Waals surface area contributed by atoms with Crippen LogP contribution in [0.1, 0.15) is 11.4 Å². The van der Waals surface area contributed by atoms with Crippen molar-refractivity contribution in [3.63, 3.8) is 0 Å². The van der Waals surface area contributed by atoms with Crippen LogP contribution in [-0.2, 0) is 23.8 Å². The van der Waals surface area contributed by atoms with Crippen molar-refractivity contribution in [1.82, 2.24) is 9.97 Å². The van der Waals surface area contributed by atoms with Crippen molar-refractivity contribution in [2.24, 2.45) is 5.14 Å². The van der Waals surface area contributed by atoms with Gasteiger partial charge in [-0.15, -0.1) is 0 Å². The molecule has 1 atom stereocenters. The predicted octanol–water partition coefficient (Wildman–Crippen LogP) is 4.41. The highest BCUT2D eigenvalue weighted by Crippen LogP contribution is 2.28. The summed E-state index contributed by atoms with van der Waals surface area (Å²) in [6.07, 6.45) is 0.500. The van der Waals surface area contributed by atoms with Crippen LogP contribution < -0.4 is 5.14 Å². The molecular formula is C21H16F3N3OS. The van der Waals surface area contributed by atoms with E-state index in [1.165, 1.54) is 0 Å². The van der Waals surface area contributed by atoms with Gasteiger partial charge in [0.05, 0.1) is 15.9 Å². The van der Waals surface area contributed by atoms with Gasteiger partial charge in [0.25, 0.3) is 0 Å². The van der Waals surface area contributed by atoms with Crippen LogP contribution in [0.15, 0.2) is 59.5 Å². The van der Waals surface area contributed by atoms with Crippen LogP contribution in [0.3, 0.4) is 0 Å². The number of hydrogen-bond donors (Lipinski definition) is 2. The molecule has 3 aromatic carbocycles. The van der Waals surface area contributed by atoms with Crippen LogP contribution in [0.25, 0.3) is 22.2 Å². The first-order valence-electron chi connectivity index (χ1n) is 8.80. The van der Waals surface area contributed by atoms with Crippen molar-refractivity contribution in [1.29, 1.82) is 0 Å². The topological polar surface area (TPSA) is 71.8 Å². The van der Waals surface area contributed by atoms with Crippen molar-refractivity contribution in [2.45, 2.75) is 17.7 Å². The van der Waals surface area contributed by atoms with Gasteiger partial charge in [-0.2, -0.15) is 0 Å². The van der Waals surface area contributed by atoms with Gasteiger partial charge < -0.3 is 4.98 Å². The van der Waals surface area contributed by atoms with Gasteiger partial charge in [0.15, 0.2) is 11.6 Å². The van der Waals surface area contributed by atoms with E-state index in [2.05, 4.69) is 9.97 Å². The number of hydrogen-bond acceptors (Lipinski definition) is 2. The Morgan fingerprint density at radius 3 is 2.48 bits per heavy atom. The van der Waals surface area contributed by atoms with E-state index in [0.29, 0.717) is 28.7 Å². The Balaban J connectivity index is 1.61. The summed E-state index contributed by atoms with van der Waals surface area (Å²) in [5, 5.41) is 5.57. The first kappa shape index (κ1) is 19.4. The highest BCUT2D eigenvalue weighted by molar-refractivity contribution is 7.82. The zero-order chi connectivity index (χ0) is 20.5. The summed E-state index contributed by atoms with van der Waals surface area (Å²) in [5.41, 5.74) is 3.13. The van der Waals surface area contributed by atoms with Crippen molar-refractivity contribution >= 4 is 22.0 Å². The zero-order valence-corrected chi connectivity index (χ0v) is 15.9. The van der Waals surface area contributed by atoms with Gasteiger partial charge in [0.2, 0.25) is 0 Å². The van der Waals surface area contributed by atoms with Crippen molar-refractivity contribution in [3.05, 3.63) is 83.4 Å². The molecule has 0 radical (unpaired) electrons. The van der Waals surface area contributed by atoms with Gasteiger partial charge in [-0.25, -0.2) is 27.5 Å². The van der Waals surface area contributed by atoms with Gasteiger partial charge >= 0.3 is 0 Å². The molecular weight excluding hydrogens is 399 g/mol. The lowest BCUT2D eigenvalue weighted by Crippen LogP contribution is -2.04. The fraction of sp³-hybridized carbons (Fsp3) is 0.0952.